The number of nitriles is 1. The SMILES string of the molecule is CC(C)(C#N)COC1COc2cc(F)ccc2C1Nc1ncnc2[nH]c(C3CC3)cc12. The third-order valence-corrected chi connectivity index (χ3v) is 5.80. The minimum absolute atomic E-state index is 0.240. The minimum Gasteiger partial charge on any atom is -0.490 e. The Hall–Kier alpha value is -3.18. The van der Waals surface area contributed by atoms with Crippen LogP contribution in [0.25, 0.3) is 11.0 Å². The average molecular weight is 421 g/mol. The molecule has 2 aromatic heterocycles. The summed E-state index contributed by atoms with van der Waals surface area (Å²) in [5, 5.41) is 13.8. The van der Waals surface area contributed by atoms with Crippen LogP contribution >= 0.6 is 0 Å². The number of aromatic nitrogens is 3. The molecule has 2 unspecified atom stereocenters. The van der Waals surface area contributed by atoms with Crippen molar-refractivity contribution in [1.29, 1.82) is 5.26 Å². The van der Waals surface area contributed by atoms with Gasteiger partial charge in [0.05, 0.1) is 29.5 Å². The minimum atomic E-state index is -0.629. The van der Waals surface area contributed by atoms with E-state index in [2.05, 4.69) is 32.4 Å². The standard InChI is InChI=1S/C23H24FN5O2/c1-23(2,10-25)11-31-19-9-30-18-7-14(24)5-6-15(18)20(19)29-22-16-8-17(13-3-4-13)28-21(16)26-12-27-22/h5-8,12-13,19-20H,3-4,9,11H2,1-2H3,(H2,26,27,28,29). The molecule has 2 aliphatic rings. The number of anilines is 1. The van der Waals surface area contributed by atoms with Crippen molar-refractivity contribution in [2.45, 2.75) is 44.8 Å². The van der Waals surface area contributed by atoms with E-state index >= 15 is 0 Å². The molecule has 7 nitrogen and oxygen atoms in total. The van der Waals surface area contributed by atoms with E-state index in [1.165, 1.54) is 37.0 Å². The zero-order valence-electron chi connectivity index (χ0n) is 17.5. The zero-order valence-corrected chi connectivity index (χ0v) is 17.5. The van der Waals surface area contributed by atoms with Crippen LogP contribution in [0.5, 0.6) is 5.75 Å². The molecule has 2 atom stereocenters. The Morgan fingerprint density at radius 1 is 1.32 bits per heavy atom. The molecule has 0 spiro atoms. The van der Waals surface area contributed by atoms with Gasteiger partial charge in [-0.1, -0.05) is 6.07 Å². The van der Waals surface area contributed by atoms with Crippen molar-refractivity contribution < 1.29 is 13.9 Å². The number of H-pyrrole nitrogens is 1. The fourth-order valence-electron chi connectivity index (χ4n) is 3.86. The van der Waals surface area contributed by atoms with E-state index in [-0.39, 0.29) is 31.2 Å². The first-order chi connectivity index (χ1) is 14.9. The van der Waals surface area contributed by atoms with Crippen LogP contribution in [0.3, 0.4) is 0 Å². The number of ether oxygens (including phenoxy) is 2. The van der Waals surface area contributed by atoms with Gasteiger partial charge in [-0.05, 0) is 44.7 Å². The first kappa shape index (κ1) is 19.8. The number of benzene rings is 1. The van der Waals surface area contributed by atoms with Crippen LogP contribution in [0.1, 0.15) is 49.9 Å². The molecule has 0 saturated heterocycles. The summed E-state index contributed by atoms with van der Waals surface area (Å²) in [6, 6.07) is 8.54. The topological polar surface area (TPSA) is 95.8 Å². The van der Waals surface area contributed by atoms with Crippen LogP contribution in [0, 0.1) is 22.6 Å². The second-order valence-corrected chi connectivity index (χ2v) is 8.94. The van der Waals surface area contributed by atoms with Crippen molar-refractivity contribution >= 4 is 16.9 Å². The van der Waals surface area contributed by atoms with Gasteiger partial charge in [-0.25, -0.2) is 14.4 Å². The maximum atomic E-state index is 13.8. The third-order valence-electron chi connectivity index (χ3n) is 5.80. The highest BCUT2D eigenvalue weighted by atomic mass is 19.1. The molecule has 0 amide bonds. The number of nitrogens with zero attached hydrogens (tertiary/aromatic N) is 3. The molecule has 31 heavy (non-hydrogen) atoms. The van der Waals surface area contributed by atoms with E-state index in [0.29, 0.717) is 17.5 Å². The number of halogens is 1. The van der Waals surface area contributed by atoms with E-state index < -0.39 is 5.41 Å². The van der Waals surface area contributed by atoms with Crippen molar-refractivity contribution in [2.75, 3.05) is 18.5 Å². The molecule has 0 radical (unpaired) electrons. The summed E-state index contributed by atoms with van der Waals surface area (Å²) in [6.07, 6.45) is 3.52. The Balaban J connectivity index is 1.49. The van der Waals surface area contributed by atoms with Crippen LogP contribution in [0.4, 0.5) is 10.2 Å². The molecule has 5 rings (SSSR count). The van der Waals surface area contributed by atoms with Gasteiger partial charge in [-0.15, -0.1) is 0 Å². The van der Waals surface area contributed by atoms with Gasteiger partial charge in [-0.2, -0.15) is 5.26 Å². The first-order valence-corrected chi connectivity index (χ1v) is 10.5. The summed E-state index contributed by atoms with van der Waals surface area (Å²) in [5.74, 6) is 1.38. The van der Waals surface area contributed by atoms with Crippen LogP contribution in [0.2, 0.25) is 0 Å². The summed E-state index contributed by atoms with van der Waals surface area (Å²) in [7, 11) is 0. The number of fused-ring (bicyclic) bond motifs is 2. The fourth-order valence-corrected chi connectivity index (χ4v) is 3.86. The fraction of sp³-hybridized carbons (Fsp3) is 0.435. The molecule has 1 aliphatic carbocycles. The normalized spacial score (nSPS) is 20.7. The predicted molar refractivity (Wildman–Crippen MR) is 113 cm³/mol. The Morgan fingerprint density at radius 3 is 2.94 bits per heavy atom. The highest BCUT2D eigenvalue weighted by molar-refractivity contribution is 5.88. The molecule has 1 fully saturated rings. The van der Waals surface area contributed by atoms with E-state index in [1.54, 1.807) is 6.07 Å². The molecule has 1 saturated carbocycles. The molecule has 2 N–H and O–H groups in total. The summed E-state index contributed by atoms with van der Waals surface area (Å²) in [5.41, 5.74) is 2.12. The van der Waals surface area contributed by atoms with Crippen LogP contribution in [0.15, 0.2) is 30.6 Å². The predicted octanol–water partition coefficient (Wildman–Crippen LogP) is 4.45. The maximum absolute atomic E-state index is 13.8. The van der Waals surface area contributed by atoms with E-state index in [4.69, 9.17) is 9.47 Å². The van der Waals surface area contributed by atoms with E-state index in [0.717, 1.165) is 16.6 Å². The molecule has 0 bridgehead atoms. The van der Waals surface area contributed by atoms with Crippen molar-refractivity contribution in [1.82, 2.24) is 15.0 Å². The molecule has 8 heteroatoms. The lowest BCUT2D eigenvalue weighted by Gasteiger charge is -2.35. The van der Waals surface area contributed by atoms with Gasteiger partial charge in [0.15, 0.2) is 0 Å². The molecule has 3 heterocycles. The van der Waals surface area contributed by atoms with Crippen LogP contribution in [-0.2, 0) is 4.74 Å². The lowest BCUT2D eigenvalue weighted by Crippen LogP contribution is -2.39. The molecule has 1 aromatic carbocycles. The van der Waals surface area contributed by atoms with Crippen molar-refractivity contribution in [3.05, 3.63) is 47.7 Å². The Kier molecular flexibility index (Phi) is 4.78. The molecular weight excluding hydrogens is 397 g/mol. The molecule has 3 aromatic rings. The number of aromatic amines is 1. The van der Waals surface area contributed by atoms with Gasteiger partial charge < -0.3 is 19.8 Å². The Morgan fingerprint density at radius 2 is 2.16 bits per heavy atom. The second-order valence-electron chi connectivity index (χ2n) is 8.94. The number of rotatable bonds is 6. The molecule has 160 valence electrons. The van der Waals surface area contributed by atoms with Gasteiger partial charge in [0, 0.05) is 17.3 Å². The zero-order chi connectivity index (χ0) is 21.6. The first-order valence-electron chi connectivity index (χ1n) is 10.5. The largest absolute Gasteiger partial charge is 0.490 e. The van der Waals surface area contributed by atoms with Crippen molar-refractivity contribution in [2.24, 2.45) is 5.41 Å². The number of hydrogen-bond donors (Lipinski definition) is 2. The Labute approximate surface area is 179 Å². The highest BCUT2D eigenvalue weighted by Gasteiger charge is 2.35. The molecule has 1 aliphatic heterocycles. The number of nitrogens with one attached hydrogen (secondary N) is 2. The highest BCUT2D eigenvalue weighted by Crippen LogP contribution is 2.42. The monoisotopic (exact) mass is 421 g/mol. The lowest BCUT2D eigenvalue weighted by atomic mass is 9.95. The van der Waals surface area contributed by atoms with Gasteiger partial charge in [0.2, 0.25) is 0 Å². The summed E-state index contributed by atoms with van der Waals surface area (Å²) in [4.78, 5) is 12.2. The smallest absolute Gasteiger partial charge is 0.143 e. The summed E-state index contributed by atoms with van der Waals surface area (Å²) >= 11 is 0. The number of hydrogen-bond acceptors (Lipinski definition) is 6. The van der Waals surface area contributed by atoms with E-state index in [9.17, 15) is 9.65 Å². The second kappa shape index (κ2) is 7.50. The maximum Gasteiger partial charge on any atom is 0.143 e. The van der Waals surface area contributed by atoms with Crippen molar-refractivity contribution in [3.8, 4) is 11.8 Å². The van der Waals surface area contributed by atoms with Gasteiger partial charge in [0.1, 0.15) is 42.1 Å². The van der Waals surface area contributed by atoms with E-state index in [1.807, 2.05) is 13.8 Å². The summed E-state index contributed by atoms with van der Waals surface area (Å²) < 4.78 is 25.7. The van der Waals surface area contributed by atoms with Crippen LogP contribution in [-0.4, -0.2) is 34.3 Å². The van der Waals surface area contributed by atoms with Gasteiger partial charge in [-0.3, -0.25) is 0 Å². The Bertz CT molecular complexity index is 1160. The third kappa shape index (κ3) is 3.93. The van der Waals surface area contributed by atoms with Crippen molar-refractivity contribution in [3.63, 3.8) is 0 Å². The van der Waals surface area contributed by atoms with Gasteiger partial charge in [0.25, 0.3) is 0 Å². The average Bonchev–Trinajstić information content (AvgIpc) is 3.51. The van der Waals surface area contributed by atoms with Gasteiger partial charge >= 0.3 is 0 Å². The quantitative estimate of drug-likeness (QED) is 0.610. The lowest BCUT2D eigenvalue weighted by molar-refractivity contribution is -0.0253. The summed E-state index contributed by atoms with van der Waals surface area (Å²) in [6.45, 7) is 4.15. The van der Waals surface area contributed by atoms with Crippen LogP contribution < -0.4 is 10.1 Å². The molecular formula is C23H24FN5O2.